The quantitative estimate of drug-likeness (QED) is 0.431. The number of fused-ring (bicyclic) bond motifs is 1. The average Bonchev–Trinajstić information content (AvgIpc) is 3.16. The van der Waals surface area contributed by atoms with Crippen LogP contribution in [-0.2, 0) is 12.8 Å². The normalized spacial score (nSPS) is 12.2. The second-order valence-corrected chi connectivity index (χ2v) is 8.50. The van der Waals surface area contributed by atoms with E-state index in [2.05, 4.69) is 27.3 Å². The van der Waals surface area contributed by atoms with Gasteiger partial charge in [-0.3, -0.25) is 4.79 Å². The number of amides is 1. The SMILES string of the molecule is COc1cc(Br)c(C(=O)NC2=Cc3ccccc3C2)cc1OCCc1cccc(Cl)c1. The molecular weight excluding hydrogens is 478 g/mol. The smallest absolute Gasteiger partial charge is 0.256 e. The Hall–Kier alpha value is -2.76. The van der Waals surface area contributed by atoms with E-state index in [1.54, 1.807) is 19.2 Å². The summed E-state index contributed by atoms with van der Waals surface area (Å²) in [5, 5.41) is 3.71. The van der Waals surface area contributed by atoms with Gasteiger partial charge in [-0.25, -0.2) is 0 Å². The average molecular weight is 499 g/mol. The van der Waals surface area contributed by atoms with Gasteiger partial charge in [0.1, 0.15) is 0 Å². The van der Waals surface area contributed by atoms with Gasteiger partial charge in [0.15, 0.2) is 11.5 Å². The Morgan fingerprint density at radius 1 is 1.10 bits per heavy atom. The molecule has 4 nitrogen and oxygen atoms in total. The molecule has 0 radical (unpaired) electrons. The lowest BCUT2D eigenvalue weighted by molar-refractivity contribution is 0.0964. The van der Waals surface area contributed by atoms with Gasteiger partial charge in [-0.15, -0.1) is 0 Å². The van der Waals surface area contributed by atoms with Crippen LogP contribution in [0.5, 0.6) is 11.5 Å². The van der Waals surface area contributed by atoms with Crippen molar-refractivity contribution in [3.63, 3.8) is 0 Å². The summed E-state index contributed by atoms with van der Waals surface area (Å²) in [5.74, 6) is 0.872. The van der Waals surface area contributed by atoms with Crippen LogP contribution in [0, 0.1) is 0 Å². The van der Waals surface area contributed by atoms with Gasteiger partial charge in [0.25, 0.3) is 5.91 Å². The van der Waals surface area contributed by atoms with Crippen LogP contribution in [0.15, 0.2) is 70.8 Å². The Labute approximate surface area is 195 Å². The van der Waals surface area contributed by atoms with E-state index in [9.17, 15) is 4.79 Å². The van der Waals surface area contributed by atoms with E-state index in [0.717, 1.165) is 16.8 Å². The summed E-state index contributed by atoms with van der Waals surface area (Å²) in [6.07, 6.45) is 3.40. The van der Waals surface area contributed by atoms with Gasteiger partial charge in [-0.2, -0.15) is 0 Å². The number of benzene rings is 3. The predicted molar refractivity (Wildman–Crippen MR) is 127 cm³/mol. The third-order valence-electron chi connectivity index (χ3n) is 5.08. The second-order valence-electron chi connectivity index (χ2n) is 7.21. The fourth-order valence-corrected chi connectivity index (χ4v) is 4.24. The molecule has 0 saturated carbocycles. The molecule has 0 spiro atoms. The van der Waals surface area contributed by atoms with Crippen LogP contribution in [0.25, 0.3) is 6.08 Å². The number of carbonyl (C=O) groups excluding carboxylic acids is 1. The summed E-state index contributed by atoms with van der Waals surface area (Å²) in [7, 11) is 1.58. The highest BCUT2D eigenvalue weighted by Crippen LogP contribution is 2.34. The number of allylic oxidation sites excluding steroid dienone is 1. The lowest BCUT2D eigenvalue weighted by atomic mass is 10.1. The molecule has 4 rings (SSSR count). The van der Waals surface area contributed by atoms with Crippen molar-refractivity contribution in [1.29, 1.82) is 0 Å². The van der Waals surface area contributed by atoms with Crippen molar-refractivity contribution in [2.75, 3.05) is 13.7 Å². The maximum atomic E-state index is 13.0. The number of ether oxygens (including phenoxy) is 2. The zero-order valence-electron chi connectivity index (χ0n) is 17.0. The first-order chi connectivity index (χ1) is 15.0. The lowest BCUT2D eigenvalue weighted by Crippen LogP contribution is -2.23. The van der Waals surface area contributed by atoms with Crippen molar-refractivity contribution in [3.8, 4) is 11.5 Å². The molecule has 0 aliphatic heterocycles. The van der Waals surface area contributed by atoms with Gasteiger partial charge < -0.3 is 14.8 Å². The minimum Gasteiger partial charge on any atom is -0.493 e. The van der Waals surface area contributed by atoms with E-state index in [1.165, 1.54) is 5.56 Å². The molecule has 158 valence electrons. The van der Waals surface area contributed by atoms with Crippen molar-refractivity contribution in [2.24, 2.45) is 0 Å². The third kappa shape index (κ3) is 5.12. The van der Waals surface area contributed by atoms with Crippen LogP contribution >= 0.6 is 27.5 Å². The predicted octanol–water partition coefficient (Wildman–Crippen LogP) is 6.06. The summed E-state index contributed by atoms with van der Waals surface area (Å²) < 4.78 is 12.0. The van der Waals surface area contributed by atoms with Crippen LogP contribution in [0.4, 0.5) is 0 Å². The highest BCUT2D eigenvalue weighted by Gasteiger charge is 2.19. The molecule has 0 saturated heterocycles. The Kier molecular flexibility index (Phi) is 6.64. The number of methoxy groups -OCH3 is 1. The second kappa shape index (κ2) is 9.58. The molecule has 1 aliphatic carbocycles. The summed E-state index contributed by atoms with van der Waals surface area (Å²) in [5.41, 5.74) is 4.77. The molecule has 0 atom stereocenters. The van der Waals surface area contributed by atoms with Crippen molar-refractivity contribution in [3.05, 3.63) is 98.1 Å². The van der Waals surface area contributed by atoms with Crippen LogP contribution in [0.1, 0.15) is 27.0 Å². The van der Waals surface area contributed by atoms with E-state index in [-0.39, 0.29) is 5.91 Å². The van der Waals surface area contributed by atoms with Crippen molar-refractivity contribution in [1.82, 2.24) is 5.32 Å². The molecule has 3 aromatic rings. The zero-order valence-corrected chi connectivity index (χ0v) is 19.3. The van der Waals surface area contributed by atoms with Crippen LogP contribution in [0.3, 0.4) is 0 Å². The van der Waals surface area contributed by atoms with Crippen molar-refractivity contribution >= 4 is 39.5 Å². The summed E-state index contributed by atoms with van der Waals surface area (Å²) in [4.78, 5) is 13.0. The highest BCUT2D eigenvalue weighted by atomic mass is 79.9. The number of carbonyl (C=O) groups is 1. The number of rotatable bonds is 7. The van der Waals surface area contributed by atoms with E-state index in [1.807, 2.05) is 48.5 Å². The molecule has 0 heterocycles. The molecule has 1 aliphatic rings. The molecule has 1 N–H and O–H groups in total. The van der Waals surface area contributed by atoms with E-state index in [0.29, 0.717) is 46.0 Å². The highest BCUT2D eigenvalue weighted by molar-refractivity contribution is 9.10. The molecule has 3 aromatic carbocycles. The zero-order chi connectivity index (χ0) is 21.8. The molecule has 0 bridgehead atoms. The van der Waals surface area contributed by atoms with Gasteiger partial charge in [0.05, 0.1) is 19.3 Å². The van der Waals surface area contributed by atoms with Gasteiger partial charge >= 0.3 is 0 Å². The molecule has 0 unspecified atom stereocenters. The van der Waals surface area contributed by atoms with Gasteiger partial charge in [-0.1, -0.05) is 48.0 Å². The minimum atomic E-state index is -0.201. The van der Waals surface area contributed by atoms with Crippen LogP contribution < -0.4 is 14.8 Å². The maximum Gasteiger partial charge on any atom is 0.256 e. The Balaban J connectivity index is 1.47. The Morgan fingerprint density at radius 3 is 2.71 bits per heavy atom. The lowest BCUT2D eigenvalue weighted by Gasteiger charge is -2.14. The Bertz CT molecular complexity index is 1160. The first kappa shape index (κ1) is 21.5. The van der Waals surface area contributed by atoms with Crippen molar-refractivity contribution < 1.29 is 14.3 Å². The minimum absolute atomic E-state index is 0.201. The molecule has 6 heteroatoms. The first-order valence-corrected chi connectivity index (χ1v) is 11.0. The molecule has 0 aromatic heterocycles. The number of hydrogen-bond acceptors (Lipinski definition) is 3. The summed E-state index contributed by atoms with van der Waals surface area (Å²) in [6.45, 7) is 0.430. The van der Waals surface area contributed by atoms with E-state index >= 15 is 0 Å². The number of halogens is 2. The van der Waals surface area contributed by atoms with Crippen LogP contribution in [-0.4, -0.2) is 19.6 Å². The fourth-order valence-electron chi connectivity index (χ4n) is 3.53. The fraction of sp³-hybridized carbons (Fsp3) is 0.160. The topological polar surface area (TPSA) is 47.6 Å². The molecule has 31 heavy (non-hydrogen) atoms. The third-order valence-corrected chi connectivity index (χ3v) is 5.97. The Morgan fingerprint density at radius 2 is 1.94 bits per heavy atom. The first-order valence-electron chi connectivity index (χ1n) is 9.88. The summed E-state index contributed by atoms with van der Waals surface area (Å²) in [6, 6.07) is 19.2. The van der Waals surface area contributed by atoms with Gasteiger partial charge in [0, 0.05) is 28.0 Å². The van der Waals surface area contributed by atoms with Crippen molar-refractivity contribution in [2.45, 2.75) is 12.8 Å². The summed E-state index contributed by atoms with van der Waals surface area (Å²) >= 11 is 9.53. The molecular formula is C25H21BrClNO3. The van der Waals surface area contributed by atoms with Gasteiger partial charge in [0.2, 0.25) is 0 Å². The van der Waals surface area contributed by atoms with E-state index in [4.69, 9.17) is 21.1 Å². The monoisotopic (exact) mass is 497 g/mol. The van der Waals surface area contributed by atoms with Gasteiger partial charge in [-0.05, 0) is 63.0 Å². The number of nitrogens with one attached hydrogen (secondary N) is 1. The molecule has 0 fully saturated rings. The van der Waals surface area contributed by atoms with Crippen LogP contribution in [0.2, 0.25) is 5.02 Å². The molecule has 1 amide bonds. The maximum absolute atomic E-state index is 13.0. The van der Waals surface area contributed by atoms with E-state index < -0.39 is 0 Å². The standard InChI is InChI=1S/C25H21BrClNO3/c1-30-23-15-22(26)21(14-24(23)31-10-9-16-5-4-8-19(27)11-16)25(29)28-20-12-17-6-2-3-7-18(17)13-20/h2-8,11-12,14-15H,9-10,13H2,1H3,(H,28,29). The largest absolute Gasteiger partial charge is 0.493 e. The number of hydrogen-bond donors (Lipinski definition) is 1.